The zero-order valence-electron chi connectivity index (χ0n) is 20.0. The van der Waals surface area contributed by atoms with Gasteiger partial charge in [-0.15, -0.1) is 0 Å². The van der Waals surface area contributed by atoms with Gasteiger partial charge in [0.15, 0.2) is 5.78 Å². The Morgan fingerprint density at radius 1 is 0.917 bits per heavy atom. The highest BCUT2D eigenvalue weighted by molar-refractivity contribution is 6.07. The van der Waals surface area contributed by atoms with Crippen molar-refractivity contribution in [1.29, 1.82) is 0 Å². The first-order chi connectivity index (χ1) is 17.2. The Morgan fingerprint density at radius 2 is 1.58 bits per heavy atom. The van der Waals surface area contributed by atoms with Gasteiger partial charge < -0.3 is 14.5 Å². The van der Waals surface area contributed by atoms with E-state index in [1.165, 1.54) is 37.5 Å². The lowest BCUT2D eigenvalue weighted by molar-refractivity contribution is -0.137. The van der Waals surface area contributed by atoms with Gasteiger partial charge in [0.2, 0.25) is 0 Å². The molecule has 0 amide bonds. The third-order valence-electron chi connectivity index (χ3n) is 6.27. The number of anilines is 1. The summed E-state index contributed by atoms with van der Waals surface area (Å²) in [5, 5.41) is 0. The normalized spacial score (nSPS) is 14.9. The Hall–Kier alpha value is -3.65. The third kappa shape index (κ3) is 5.76. The standard InChI is InChI=1S/C28H26F4N2O2/c1-33-13-15-34(16-14-33)26-11-5-20(19-3-7-22(8-4-19)28(30,31)32)17-21(26)6-12-27(35)24-10-9-23(36-2)18-25(24)29/h3-12,17-18H,13-16H2,1-2H3. The van der Waals surface area contributed by atoms with Crippen LogP contribution in [0.1, 0.15) is 21.5 Å². The number of likely N-dealkylation sites (N-methyl/N-ethyl adjacent to an activating group) is 1. The van der Waals surface area contributed by atoms with Gasteiger partial charge in [-0.2, -0.15) is 13.2 Å². The van der Waals surface area contributed by atoms with E-state index in [2.05, 4.69) is 9.80 Å². The lowest BCUT2D eigenvalue weighted by Crippen LogP contribution is -2.44. The summed E-state index contributed by atoms with van der Waals surface area (Å²) in [6, 6.07) is 14.6. The number of ether oxygens (including phenoxy) is 1. The molecule has 1 saturated heterocycles. The van der Waals surface area contributed by atoms with Crippen molar-refractivity contribution >= 4 is 17.5 Å². The number of carbonyl (C=O) groups excluding carboxylic acids is 1. The van der Waals surface area contributed by atoms with Crippen molar-refractivity contribution in [1.82, 2.24) is 4.90 Å². The second-order valence-electron chi connectivity index (χ2n) is 8.68. The van der Waals surface area contributed by atoms with Crippen molar-refractivity contribution in [2.24, 2.45) is 0 Å². The molecule has 4 rings (SSSR count). The van der Waals surface area contributed by atoms with Crippen LogP contribution in [-0.2, 0) is 6.18 Å². The summed E-state index contributed by atoms with van der Waals surface area (Å²) in [7, 11) is 3.47. The third-order valence-corrected chi connectivity index (χ3v) is 6.27. The number of carbonyl (C=O) groups is 1. The lowest BCUT2D eigenvalue weighted by atomic mass is 9.99. The van der Waals surface area contributed by atoms with Crippen LogP contribution in [0.4, 0.5) is 23.2 Å². The zero-order chi connectivity index (χ0) is 25.9. The number of hydrogen-bond acceptors (Lipinski definition) is 4. The van der Waals surface area contributed by atoms with E-state index in [0.717, 1.165) is 55.6 Å². The minimum Gasteiger partial charge on any atom is -0.497 e. The van der Waals surface area contributed by atoms with Crippen LogP contribution >= 0.6 is 0 Å². The van der Waals surface area contributed by atoms with Crippen molar-refractivity contribution in [2.45, 2.75) is 6.18 Å². The quantitative estimate of drug-likeness (QED) is 0.231. The molecular formula is C28H26F4N2O2. The van der Waals surface area contributed by atoms with Crippen molar-refractivity contribution in [2.75, 3.05) is 45.2 Å². The number of methoxy groups -OCH3 is 1. The summed E-state index contributed by atoms with van der Waals surface area (Å²) in [5.41, 5.74) is 2.16. The summed E-state index contributed by atoms with van der Waals surface area (Å²) in [5.74, 6) is -0.865. The summed E-state index contributed by atoms with van der Waals surface area (Å²) < 4.78 is 58.3. The van der Waals surface area contributed by atoms with Crippen LogP contribution in [-0.4, -0.2) is 51.0 Å². The fraction of sp³-hybridized carbons (Fsp3) is 0.250. The molecule has 1 fully saturated rings. The molecule has 1 aliphatic heterocycles. The van der Waals surface area contributed by atoms with Crippen LogP contribution in [0.5, 0.6) is 5.75 Å². The van der Waals surface area contributed by atoms with Gasteiger partial charge in [-0.25, -0.2) is 4.39 Å². The SMILES string of the molecule is COc1ccc(C(=O)C=Cc2cc(-c3ccc(C(F)(F)F)cc3)ccc2N2CCN(C)CC2)c(F)c1. The molecule has 4 nitrogen and oxygen atoms in total. The van der Waals surface area contributed by atoms with E-state index < -0.39 is 23.3 Å². The van der Waals surface area contributed by atoms with Gasteiger partial charge in [0, 0.05) is 37.9 Å². The number of hydrogen-bond donors (Lipinski definition) is 0. The van der Waals surface area contributed by atoms with Crippen LogP contribution < -0.4 is 9.64 Å². The topological polar surface area (TPSA) is 32.8 Å². The van der Waals surface area contributed by atoms with Gasteiger partial charge in [-0.05, 0) is 72.3 Å². The van der Waals surface area contributed by atoms with Gasteiger partial charge in [-0.3, -0.25) is 4.79 Å². The Balaban J connectivity index is 1.68. The highest BCUT2D eigenvalue weighted by atomic mass is 19.4. The van der Waals surface area contributed by atoms with Gasteiger partial charge in [0.1, 0.15) is 11.6 Å². The second kappa shape index (κ2) is 10.5. The molecule has 8 heteroatoms. The summed E-state index contributed by atoms with van der Waals surface area (Å²) in [6.07, 6.45) is -1.46. The maximum Gasteiger partial charge on any atom is 0.416 e. The van der Waals surface area contributed by atoms with Crippen molar-refractivity contribution in [3.63, 3.8) is 0 Å². The van der Waals surface area contributed by atoms with Crippen molar-refractivity contribution in [3.05, 3.63) is 89.2 Å². The Bertz CT molecular complexity index is 1260. The minimum absolute atomic E-state index is 0.0768. The van der Waals surface area contributed by atoms with Crippen molar-refractivity contribution < 1.29 is 27.1 Å². The summed E-state index contributed by atoms with van der Waals surface area (Å²) in [6.45, 7) is 3.33. The molecule has 1 heterocycles. The van der Waals surface area contributed by atoms with Gasteiger partial charge in [0.25, 0.3) is 0 Å². The lowest BCUT2D eigenvalue weighted by Gasteiger charge is -2.35. The number of benzene rings is 3. The van der Waals surface area contributed by atoms with Crippen LogP contribution in [0.3, 0.4) is 0 Å². The van der Waals surface area contributed by atoms with E-state index in [1.807, 2.05) is 25.2 Å². The minimum atomic E-state index is -4.41. The molecule has 0 radical (unpaired) electrons. The molecule has 0 saturated carbocycles. The fourth-order valence-corrected chi connectivity index (χ4v) is 4.13. The van der Waals surface area contributed by atoms with Gasteiger partial charge in [0.05, 0.1) is 18.2 Å². The maximum absolute atomic E-state index is 14.4. The first kappa shape index (κ1) is 25.4. The molecule has 0 aromatic heterocycles. The Morgan fingerprint density at radius 3 is 2.19 bits per heavy atom. The summed E-state index contributed by atoms with van der Waals surface area (Å²) >= 11 is 0. The van der Waals surface area contributed by atoms with Crippen LogP contribution in [0.25, 0.3) is 17.2 Å². The Labute approximate surface area is 207 Å². The van der Waals surface area contributed by atoms with E-state index in [4.69, 9.17) is 4.74 Å². The predicted molar refractivity (Wildman–Crippen MR) is 133 cm³/mol. The molecule has 1 aliphatic rings. The number of allylic oxidation sites excluding steroid dienone is 1. The Kier molecular flexibility index (Phi) is 7.45. The molecule has 3 aromatic carbocycles. The average molecular weight is 499 g/mol. The first-order valence-corrected chi connectivity index (χ1v) is 11.5. The molecule has 0 aliphatic carbocycles. The second-order valence-corrected chi connectivity index (χ2v) is 8.68. The number of nitrogens with zero attached hydrogens (tertiary/aromatic N) is 2. The molecule has 3 aromatic rings. The first-order valence-electron chi connectivity index (χ1n) is 11.5. The monoisotopic (exact) mass is 498 g/mol. The van der Waals surface area contributed by atoms with Crippen LogP contribution in [0.15, 0.2) is 66.7 Å². The molecule has 0 unspecified atom stereocenters. The van der Waals surface area contributed by atoms with Crippen LogP contribution in [0.2, 0.25) is 0 Å². The smallest absolute Gasteiger partial charge is 0.416 e. The van der Waals surface area contributed by atoms with Crippen molar-refractivity contribution in [3.8, 4) is 16.9 Å². The number of halogens is 4. The van der Waals surface area contributed by atoms with E-state index in [1.54, 1.807) is 6.08 Å². The fourth-order valence-electron chi connectivity index (χ4n) is 4.13. The summed E-state index contributed by atoms with van der Waals surface area (Å²) in [4.78, 5) is 17.2. The number of rotatable bonds is 6. The molecule has 188 valence electrons. The number of piperazine rings is 1. The van der Waals surface area contributed by atoms with E-state index >= 15 is 0 Å². The van der Waals surface area contributed by atoms with E-state index in [9.17, 15) is 22.4 Å². The maximum atomic E-state index is 14.4. The predicted octanol–water partition coefficient (Wildman–Crippen LogP) is 6.17. The molecule has 36 heavy (non-hydrogen) atoms. The van der Waals surface area contributed by atoms with Crippen LogP contribution in [0, 0.1) is 5.82 Å². The molecule has 0 spiro atoms. The molecule has 0 N–H and O–H groups in total. The number of alkyl halides is 3. The zero-order valence-corrected chi connectivity index (χ0v) is 20.0. The highest BCUT2D eigenvalue weighted by Gasteiger charge is 2.30. The van der Waals surface area contributed by atoms with Gasteiger partial charge >= 0.3 is 6.18 Å². The highest BCUT2D eigenvalue weighted by Crippen LogP contribution is 2.33. The molecule has 0 atom stereocenters. The van der Waals surface area contributed by atoms with E-state index in [-0.39, 0.29) is 5.56 Å². The number of ketones is 1. The average Bonchev–Trinajstić information content (AvgIpc) is 2.87. The molecular weight excluding hydrogens is 472 g/mol. The van der Waals surface area contributed by atoms with Gasteiger partial charge in [-0.1, -0.05) is 18.2 Å². The molecule has 0 bridgehead atoms. The largest absolute Gasteiger partial charge is 0.497 e. The van der Waals surface area contributed by atoms with E-state index in [0.29, 0.717) is 16.9 Å².